The summed E-state index contributed by atoms with van der Waals surface area (Å²) in [4.78, 5) is 11.1. The van der Waals surface area contributed by atoms with Crippen LogP contribution in [0.4, 0.5) is 5.82 Å². The molecule has 108 valence electrons. The van der Waals surface area contributed by atoms with Crippen LogP contribution >= 0.6 is 0 Å². The largest absolute Gasteiger partial charge is 0.380 e. The van der Waals surface area contributed by atoms with Gasteiger partial charge in [0.1, 0.15) is 5.82 Å². The van der Waals surface area contributed by atoms with Gasteiger partial charge in [-0.25, -0.2) is 4.98 Å². The highest BCUT2D eigenvalue weighted by Crippen LogP contribution is 2.04. The van der Waals surface area contributed by atoms with Crippen molar-refractivity contribution >= 4 is 5.82 Å². The molecule has 0 saturated heterocycles. The van der Waals surface area contributed by atoms with Crippen LogP contribution in [-0.2, 0) is 11.3 Å². The molecule has 0 fully saturated rings. The molecule has 0 atom stereocenters. The fourth-order valence-corrected chi connectivity index (χ4v) is 1.70. The van der Waals surface area contributed by atoms with Crippen molar-refractivity contribution in [2.45, 2.75) is 33.7 Å². The number of ether oxygens (including phenoxy) is 1. The molecule has 1 aromatic heterocycles. The molecule has 19 heavy (non-hydrogen) atoms. The molecule has 0 bridgehead atoms. The van der Waals surface area contributed by atoms with Gasteiger partial charge in [-0.15, -0.1) is 0 Å². The Balaban J connectivity index is 2.41. The van der Waals surface area contributed by atoms with E-state index in [-0.39, 0.29) is 0 Å². The molecular weight excluding hydrogens is 240 g/mol. The second-order valence-electron chi connectivity index (χ2n) is 4.39. The van der Waals surface area contributed by atoms with Crippen LogP contribution in [0.5, 0.6) is 0 Å². The molecule has 0 unspecified atom stereocenters. The molecule has 0 aliphatic heterocycles. The van der Waals surface area contributed by atoms with E-state index in [1.54, 1.807) is 6.20 Å². The third-order valence-electron chi connectivity index (χ3n) is 2.85. The van der Waals surface area contributed by atoms with Gasteiger partial charge in [-0.05, 0) is 19.9 Å². The van der Waals surface area contributed by atoms with Crippen molar-refractivity contribution in [3.63, 3.8) is 0 Å². The van der Waals surface area contributed by atoms with Crippen LogP contribution in [0.25, 0.3) is 0 Å². The normalized spacial score (nSPS) is 10.9. The smallest absolute Gasteiger partial charge is 0.144 e. The summed E-state index contributed by atoms with van der Waals surface area (Å²) >= 11 is 0. The lowest BCUT2D eigenvalue weighted by Gasteiger charge is -2.19. The Morgan fingerprint density at radius 1 is 1.21 bits per heavy atom. The maximum Gasteiger partial charge on any atom is 0.144 e. The van der Waals surface area contributed by atoms with Gasteiger partial charge in [0, 0.05) is 26.2 Å². The summed E-state index contributed by atoms with van der Waals surface area (Å²) in [6.07, 6.45) is 4.74. The number of nitrogens with zero attached hydrogens (tertiary/aromatic N) is 3. The molecule has 0 spiro atoms. The molecule has 0 saturated carbocycles. The molecule has 5 heteroatoms. The number of rotatable bonds is 10. The quantitative estimate of drug-likeness (QED) is 0.658. The summed E-state index contributed by atoms with van der Waals surface area (Å²) in [6, 6.07) is 0. The summed E-state index contributed by atoms with van der Waals surface area (Å²) in [7, 11) is 0. The van der Waals surface area contributed by atoms with E-state index in [2.05, 4.69) is 34.0 Å². The van der Waals surface area contributed by atoms with Crippen molar-refractivity contribution in [1.82, 2.24) is 14.9 Å². The highest BCUT2D eigenvalue weighted by molar-refractivity contribution is 5.30. The Bertz CT molecular complexity index is 329. The third kappa shape index (κ3) is 6.50. The van der Waals surface area contributed by atoms with Crippen LogP contribution in [0.15, 0.2) is 12.4 Å². The van der Waals surface area contributed by atoms with Crippen molar-refractivity contribution in [3.8, 4) is 0 Å². The van der Waals surface area contributed by atoms with Gasteiger partial charge in [0.05, 0.1) is 24.7 Å². The summed E-state index contributed by atoms with van der Waals surface area (Å²) in [5.41, 5.74) is 1.00. The van der Waals surface area contributed by atoms with E-state index >= 15 is 0 Å². The first-order chi connectivity index (χ1) is 9.30. The van der Waals surface area contributed by atoms with Crippen molar-refractivity contribution < 1.29 is 4.74 Å². The fourth-order valence-electron chi connectivity index (χ4n) is 1.70. The zero-order valence-electron chi connectivity index (χ0n) is 12.4. The highest BCUT2D eigenvalue weighted by Gasteiger charge is 2.05. The monoisotopic (exact) mass is 266 g/mol. The molecule has 1 heterocycles. The van der Waals surface area contributed by atoms with E-state index in [9.17, 15) is 0 Å². The molecule has 5 nitrogen and oxygen atoms in total. The van der Waals surface area contributed by atoms with Gasteiger partial charge in [0.15, 0.2) is 0 Å². The molecule has 0 aliphatic rings. The standard InChI is InChI=1S/C14H26N4O/c1-4-7-15-14-11-16-13(10-17-14)12-18(5-2)8-9-19-6-3/h10-11H,4-9,12H2,1-3H3,(H,15,17). The number of aromatic nitrogens is 2. The van der Waals surface area contributed by atoms with E-state index in [1.165, 1.54) is 0 Å². The van der Waals surface area contributed by atoms with E-state index < -0.39 is 0 Å². The second-order valence-corrected chi connectivity index (χ2v) is 4.39. The predicted octanol–water partition coefficient (Wildman–Crippen LogP) is 2.16. The molecule has 1 aromatic rings. The van der Waals surface area contributed by atoms with Crippen molar-refractivity contribution in [2.75, 3.05) is 38.2 Å². The van der Waals surface area contributed by atoms with Crippen molar-refractivity contribution in [1.29, 1.82) is 0 Å². The van der Waals surface area contributed by atoms with Crippen LogP contribution in [0, 0.1) is 0 Å². The van der Waals surface area contributed by atoms with E-state index in [4.69, 9.17) is 4.74 Å². The fraction of sp³-hybridized carbons (Fsp3) is 0.714. The minimum Gasteiger partial charge on any atom is -0.380 e. The lowest BCUT2D eigenvalue weighted by Crippen LogP contribution is -2.27. The Morgan fingerprint density at radius 3 is 2.63 bits per heavy atom. The van der Waals surface area contributed by atoms with E-state index in [0.717, 1.165) is 57.3 Å². The van der Waals surface area contributed by atoms with Gasteiger partial charge in [0.25, 0.3) is 0 Å². The van der Waals surface area contributed by atoms with Crippen LogP contribution in [0.3, 0.4) is 0 Å². The van der Waals surface area contributed by atoms with Crippen LogP contribution in [0.1, 0.15) is 32.9 Å². The molecule has 1 N–H and O–H groups in total. The minimum atomic E-state index is 0.772. The minimum absolute atomic E-state index is 0.772. The maximum absolute atomic E-state index is 5.38. The van der Waals surface area contributed by atoms with Crippen LogP contribution in [0.2, 0.25) is 0 Å². The number of nitrogens with one attached hydrogen (secondary N) is 1. The Kier molecular flexibility index (Phi) is 8.09. The summed E-state index contributed by atoms with van der Waals surface area (Å²) in [5.74, 6) is 0.850. The average molecular weight is 266 g/mol. The number of likely N-dealkylation sites (N-methyl/N-ethyl adjacent to an activating group) is 1. The maximum atomic E-state index is 5.38. The van der Waals surface area contributed by atoms with Gasteiger partial charge < -0.3 is 10.1 Å². The first-order valence-corrected chi connectivity index (χ1v) is 7.15. The Hall–Kier alpha value is -1.20. The van der Waals surface area contributed by atoms with Crippen LogP contribution < -0.4 is 5.32 Å². The molecule has 0 amide bonds. The van der Waals surface area contributed by atoms with Gasteiger partial charge in [-0.2, -0.15) is 0 Å². The van der Waals surface area contributed by atoms with Gasteiger partial charge >= 0.3 is 0 Å². The van der Waals surface area contributed by atoms with Crippen molar-refractivity contribution in [2.24, 2.45) is 0 Å². The molecule has 0 radical (unpaired) electrons. The summed E-state index contributed by atoms with van der Waals surface area (Å²) < 4.78 is 5.38. The molecular formula is C14H26N4O. The first-order valence-electron chi connectivity index (χ1n) is 7.15. The zero-order chi connectivity index (χ0) is 13.9. The van der Waals surface area contributed by atoms with Gasteiger partial charge in [0.2, 0.25) is 0 Å². The third-order valence-corrected chi connectivity index (χ3v) is 2.85. The summed E-state index contributed by atoms with van der Waals surface area (Å²) in [6.45, 7) is 11.5. The summed E-state index contributed by atoms with van der Waals surface area (Å²) in [5, 5.41) is 3.22. The predicted molar refractivity (Wildman–Crippen MR) is 78.3 cm³/mol. The number of hydrogen-bond acceptors (Lipinski definition) is 5. The van der Waals surface area contributed by atoms with E-state index in [0.29, 0.717) is 0 Å². The van der Waals surface area contributed by atoms with E-state index in [1.807, 2.05) is 13.1 Å². The Labute approximate surface area is 116 Å². The topological polar surface area (TPSA) is 50.3 Å². The van der Waals surface area contributed by atoms with Gasteiger partial charge in [-0.1, -0.05) is 13.8 Å². The van der Waals surface area contributed by atoms with Crippen LogP contribution in [-0.4, -0.2) is 47.7 Å². The molecule has 0 aliphatic carbocycles. The van der Waals surface area contributed by atoms with Crippen molar-refractivity contribution in [3.05, 3.63) is 18.1 Å². The second kappa shape index (κ2) is 9.69. The Morgan fingerprint density at radius 2 is 2.05 bits per heavy atom. The zero-order valence-corrected chi connectivity index (χ0v) is 12.4. The highest BCUT2D eigenvalue weighted by atomic mass is 16.5. The number of hydrogen-bond donors (Lipinski definition) is 1. The first kappa shape index (κ1) is 15.9. The average Bonchev–Trinajstić information content (AvgIpc) is 2.45. The SMILES string of the molecule is CCCNc1cnc(CN(CC)CCOCC)cn1. The molecule has 0 aromatic carbocycles. The molecule has 1 rings (SSSR count). The number of anilines is 1. The lowest BCUT2D eigenvalue weighted by molar-refractivity contribution is 0.112. The lowest BCUT2D eigenvalue weighted by atomic mass is 10.4. The van der Waals surface area contributed by atoms with Gasteiger partial charge in [-0.3, -0.25) is 9.88 Å².